The summed E-state index contributed by atoms with van der Waals surface area (Å²) in [7, 11) is 0. The third-order valence-electron chi connectivity index (χ3n) is 3.83. The van der Waals surface area contributed by atoms with E-state index < -0.39 is 0 Å². The number of benzene rings is 1. The van der Waals surface area contributed by atoms with Crippen molar-refractivity contribution in [1.29, 1.82) is 0 Å². The minimum absolute atomic E-state index is 0.123. The van der Waals surface area contributed by atoms with Gasteiger partial charge in [-0.3, -0.25) is 14.9 Å². The molecule has 1 aliphatic rings. The molecule has 8 nitrogen and oxygen atoms in total. The normalized spacial score (nSPS) is 12.0. The number of carbonyl (C=O) groups is 2. The van der Waals surface area contributed by atoms with Gasteiger partial charge in [0.15, 0.2) is 15.8 Å². The van der Waals surface area contributed by atoms with Crippen LogP contribution in [0.2, 0.25) is 0 Å². The van der Waals surface area contributed by atoms with Gasteiger partial charge in [-0.05, 0) is 41.6 Å². The van der Waals surface area contributed by atoms with E-state index in [1.807, 2.05) is 36.6 Å². The number of aromatic nitrogens is 2. The van der Waals surface area contributed by atoms with Crippen LogP contribution in [0, 0.1) is 6.92 Å². The van der Waals surface area contributed by atoms with Gasteiger partial charge in [0.1, 0.15) is 0 Å². The Bertz CT molecular complexity index is 1050. The Kier molecular flexibility index (Phi) is 5.97. The number of fused-ring (bicyclic) bond motifs is 1. The van der Waals surface area contributed by atoms with Crippen LogP contribution in [0.5, 0.6) is 11.5 Å². The van der Waals surface area contributed by atoms with E-state index in [0.29, 0.717) is 32.4 Å². The van der Waals surface area contributed by atoms with Crippen molar-refractivity contribution in [1.82, 2.24) is 15.5 Å². The number of nitrogens with zero attached hydrogens (tertiary/aromatic N) is 2. The van der Waals surface area contributed by atoms with Crippen molar-refractivity contribution in [2.45, 2.75) is 17.8 Å². The van der Waals surface area contributed by atoms with Gasteiger partial charge in [-0.1, -0.05) is 29.2 Å². The lowest BCUT2D eigenvalue weighted by Crippen LogP contribution is -2.24. The van der Waals surface area contributed by atoms with Gasteiger partial charge in [0.25, 0.3) is 5.91 Å². The van der Waals surface area contributed by atoms with E-state index in [4.69, 9.17) is 9.47 Å². The fourth-order valence-electron chi connectivity index (χ4n) is 2.46. The second-order valence-electron chi connectivity index (χ2n) is 6.07. The molecule has 0 saturated carbocycles. The van der Waals surface area contributed by atoms with Gasteiger partial charge in [-0.25, -0.2) is 0 Å². The smallest absolute Gasteiger partial charge is 0.267 e. The third-order valence-corrected chi connectivity index (χ3v) is 6.85. The summed E-state index contributed by atoms with van der Waals surface area (Å²) in [6, 6.07) is 7.38. The number of thiophene rings is 1. The predicted octanol–water partition coefficient (Wildman–Crippen LogP) is 3.30. The predicted molar refractivity (Wildman–Crippen MR) is 112 cm³/mol. The number of anilines is 1. The fourth-order valence-corrected chi connectivity index (χ4v) is 4.83. The van der Waals surface area contributed by atoms with Crippen molar-refractivity contribution in [3.63, 3.8) is 0 Å². The van der Waals surface area contributed by atoms with Gasteiger partial charge in [0, 0.05) is 6.54 Å². The zero-order valence-electron chi connectivity index (χ0n) is 15.3. The summed E-state index contributed by atoms with van der Waals surface area (Å²) in [6.45, 7) is 2.55. The molecule has 2 aromatic heterocycles. The Balaban J connectivity index is 1.23. The highest BCUT2D eigenvalue weighted by atomic mass is 32.2. The van der Waals surface area contributed by atoms with Crippen molar-refractivity contribution in [2.75, 3.05) is 17.9 Å². The first kappa shape index (κ1) is 19.7. The van der Waals surface area contributed by atoms with E-state index in [9.17, 15) is 9.59 Å². The van der Waals surface area contributed by atoms with Gasteiger partial charge in [0.05, 0.1) is 10.6 Å². The Morgan fingerprint density at radius 1 is 1.21 bits per heavy atom. The summed E-state index contributed by atoms with van der Waals surface area (Å²) in [5.74, 6) is 1.27. The number of hydrogen-bond acceptors (Lipinski definition) is 9. The van der Waals surface area contributed by atoms with Crippen molar-refractivity contribution in [3.05, 3.63) is 45.6 Å². The van der Waals surface area contributed by atoms with Crippen molar-refractivity contribution >= 4 is 51.4 Å². The molecule has 29 heavy (non-hydrogen) atoms. The van der Waals surface area contributed by atoms with Crippen LogP contribution in [-0.4, -0.2) is 34.6 Å². The van der Waals surface area contributed by atoms with Crippen LogP contribution < -0.4 is 20.1 Å². The number of carbonyl (C=O) groups excluding carboxylic acids is 2. The molecular weight excluding hydrogens is 432 g/mol. The molecule has 0 aliphatic carbocycles. The molecule has 3 heterocycles. The largest absolute Gasteiger partial charge is 0.454 e. The number of rotatable bonds is 7. The molecule has 4 rings (SSSR count). The lowest BCUT2D eigenvalue weighted by molar-refractivity contribution is -0.118. The molecule has 0 atom stereocenters. The van der Waals surface area contributed by atoms with E-state index in [1.54, 1.807) is 0 Å². The van der Waals surface area contributed by atoms with Crippen LogP contribution in [0.1, 0.15) is 20.8 Å². The average molecular weight is 449 g/mol. The molecule has 0 bridgehead atoms. The fraction of sp³-hybridized carbons (Fsp3) is 0.222. The molecule has 0 fully saturated rings. The third kappa shape index (κ3) is 5.05. The van der Waals surface area contributed by atoms with E-state index >= 15 is 0 Å². The van der Waals surface area contributed by atoms with Crippen LogP contribution in [0.3, 0.4) is 0 Å². The van der Waals surface area contributed by atoms with Crippen LogP contribution >= 0.6 is 34.4 Å². The van der Waals surface area contributed by atoms with Gasteiger partial charge < -0.3 is 14.8 Å². The molecule has 3 aromatic rings. The molecule has 2 amide bonds. The Morgan fingerprint density at radius 2 is 2.07 bits per heavy atom. The zero-order chi connectivity index (χ0) is 20.2. The minimum Gasteiger partial charge on any atom is -0.454 e. The van der Waals surface area contributed by atoms with Crippen molar-refractivity contribution in [2.24, 2.45) is 0 Å². The van der Waals surface area contributed by atoms with Gasteiger partial charge in [-0.15, -0.1) is 21.5 Å². The Hall–Kier alpha value is -2.63. The van der Waals surface area contributed by atoms with Crippen LogP contribution in [-0.2, 0) is 11.3 Å². The molecule has 0 radical (unpaired) electrons. The Morgan fingerprint density at radius 3 is 2.90 bits per heavy atom. The number of ether oxygens (including phenoxy) is 2. The lowest BCUT2D eigenvalue weighted by Gasteiger charge is -2.05. The maximum Gasteiger partial charge on any atom is 0.267 e. The second kappa shape index (κ2) is 8.80. The molecule has 0 unspecified atom stereocenters. The molecule has 150 valence electrons. The zero-order valence-corrected chi connectivity index (χ0v) is 17.7. The van der Waals surface area contributed by atoms with Crippen molar-refractivity contribution in [3.8, 4) is 11.5 Å². The highest BCUT2D eigenvalue weighted by Gasteiger charge is 2.15. The maximum atomic E-state index is 12.1. The minimum atomic E-state index is -0.211. The number of hydrogen-bond donors (Lipinski definition) is 2. The highest BCUT2D eigenvalue weighted by molar-refractivity contribution is 8.01. The van der Waals surface area contributed by atoms with E-state index in [1.165, 1.54) is 34.4 Å². The maximum absolute atomic E-state index is 12.1. The topological polar surface area (TPSA) is 102 Å². The lowest BCUT2D eigenvalue weighted by atomic mass is 10.2. The summed E-state index contributed by atoms with van der Waals surface area (Å²) in [4.78, 5) is 24.9. The van der Waals surface area contributed by atoms with E-state index in [-0.39, 0.29) is 24.4 Å². The number of amides is 2. The average Bonchev–Trinajstić information content (AvgIpc) is 3.45. The summed E-state index contributed by atoms with van der Waals surface area (Å²) >= 11 is 3.89. The quantitative estimate of drug-likeness (QED) is 0.422. The second-order valence-corrected chi connectivity index (χ2v) is 9.18. The molecule has 11 heteroatoms. The van der Waals surface area contributed by atoms with Gasteiger partial charge >= 0.3 is 0 Å². The highest BCUT2D eigenvalue weighted by Crippen LogP contribution is 2.32. The van der Waals surface area contributed by atoms with E-state index in [2.05, 4.69) is 20.8 Å². The first-order valence-electron chi connectivity index (χ1n) is 8.55. The van der Waals surface area contributed by atoms with Crippen LogP contribution in [0.25, 0.3) is 0 Å². The number of nitrogens with one attached hydrogen (secondary N) is 2. The Labute approximate surface area is 178 Å². The van der Waals surface area contributed by atoms with Crippen LogP contribution in [0.15, 0.2) is 34.0 Å². The molecule has 0 saturated heterocycles. The molecule has 2 N–H and O–H groups in total. The van der Waals surface area contributed by atoms with Crippen molar-refractivity contribution < 1.29 is 19.1 Å². The number of thioether (sulfide) groups is 1. The summed E-state index contributed by atoms with van der Waals surface area (Å²) in [6.07, 6.45) is 0. The van der Waals surface area contributed by atoms with Gasteiger partial charge in [-0.2, -0.15) is 0 Å². The summed E-state index contributed by atoms with van der Waals surface area (Å²) < 4.78 is 11.2. The molecular formula is C18H16N4O4S3. The standard InChI is InChI=1S/C18H16N4O4S3/c1-10-4-14(27-7-10)16(24)20-17-21-22-18(29-17)28-8-15(23)19-6-11-2-3-12-13(5-11)26-9-25-12/h2-5,7H,6,8-9H2,1H3,(H,19,23)(H,20,21,24). The molecule has 1 aromatic carbocycles. The summed E-state index contributed by atoms with van der Waals surface area (Å²) in [5, 5.41) is 15.9. The molecule has 1 aliphatic heterocycles. The monoisotopic (exact) mass is 448 g/mol. The first-order chi connectivity index (χ1) is 14.1. The summed E-state index contributed by atoms with van der Waals surface area (Å²) in [5.41, 5.74) is 1.97. The van der Waals surface area contributed by atoms with E-state index in [0.717, 1.165) is 11.1 Å². The molecule has 0 spiro atoms. The SMILES string of the molecule is Cc1csc(C(=O)Nc2nnc(SCC(=O)NCc3ccc4c(c3)OCO4)s2)c1. The number of aryl methyl sites for hydroxylation is 1. The van der Waals surface area contributed by atoms with Gasteiger partial charge in [0.2, 0.25) is 17.8 Å². The first-order valence-corrected chi connectivity index (χ1v) is 11.2. The van der Waals surface area contributed by atoms with Crippen LogP contribution in [0.4, 0.5) is 5.13 Å².